The Labute approximate surface area is 632 Å². The number of aryl methyl sites for hydroxylation is 2. The fourth-order valence-electron chi connectivity index (χ4n) is 14.2. The van der Waals surface area contributed by atoms with Gasteiger partial charge in [0.15, 0.2) is 0 Å². The molecule has 108 heavy (non-hydrogen) atoms. The molecule has 0 amide bonds. The average molecular weight is 1450 g/mol. The van der Waals surface area contributed by atoms with Crippen LogP contribution >= 0.6 is 0 Å². The van der Waals surface area contributed by atoms with Gasteiger partial charge >= 0.3 is 23.9 Å². The number of fused-ring (bicyclic) bond motifs is 4. The number of carboxylic acids is 4. The van der Waals surface area contributed by atoms with Gasteiger partial charge in [-0.15, -0.1) is 0 Å². The molecule has 2 aliphatic rings. The van der Waals surface area contributed by atoms with E-state index in [1.807, 2.05) is 158 Å². The molecule has 0 unspecified atom stereocenters. The Hall–Kier alpha value is -11.5. The highest BCUT2D eigenvalue weighted by Crippen LogP contribution is 2.35. The maximum absolute atomic E-state index is 11.7. The van der Waals surface area contributed by atoms with Crippen LogP contribution in [0.1, 0.15) is 172 Å². The summed E-state index contributed by atoms with van der Waals surface area (Å²) in [5.74, 6) is -1.45. The first-order valence-electron chi connectivity index (χ1n) is 37.6. The van der Waals surface area contributed by atoms with Crippen molar-refractivity contribution in [1.82, 2.24) is 0 Å². The summed E-state index contributed by atoms with van der Waals surface area (Å²) >= 11 is 0. The van der Waals surface area contributed by atoms with Crippen LogP contribution in [-0.4, -0.2) is 69.1 Å². The number of unbranched alkanes of at least 4 members (excludes halogenated alkanes) is 1. The van der Waals surface area contributed by atoms with Gasteiger partial charge in [0.25, 0.3) is 0 Å². The molecule has 2 fully saturated rings. The largest absolute Gasteiger partial charge is 0.488 e. The van der Waals surface area contributed by atoms with Crippen LogP contribution in [0.5, 0.6) is 23.0 Å². The Kier molecular flexibility index (Phi) is 27.4. The van der Waals surface area contributed by atoms with Gasteiger partial charge in [-0.3, -0.25) is 0 Å². The van der Waals surface area contributed by atoms with Crippen LogP contribution in [0.3, 0.4) is 0 Å². The van der Waals surface area contributed by atoms with Gasteiger partial charge in [-0.1, -0.05) is 247 Å². The number of aliphatic hydroxyl groups excluding tert-OH is 1. The van der Waals surface area contributed by atoms with E-state index in [2.05, 4.69) is 80.3 Å². The molecule has 14 rings (SSSR count). The van der Waals surface area contributed by atoms with Crippen LogP contribution in [0.2, 0.25) is 0 Å². The van der Waals surface area contributed by atoms with Gasteiger partial charge in [-0.25, -0.2) is 19.2 Å². The van der Waals surface area contributed by atoms with Gasteiger partial charge < -0.3 is 49.4 Å². The van der Waals surface area contributed by atoms with Gasteiger partial charge in [0.1, 0.15) is 71.7 Å². The second-order valence-corrected chi connectivity index (χ2v) is 29.1. The zero-order valence-electron chi connectivity index (χ0n) is 62.0. The minimum Gasteiger partial charge on any atom is -0.488 e. The maximum Gasteiger partial charge on any atom is 0.339 e. The Morgan fingerprint density at radius 3 is 1.07 bits per heavy atom. The van der Waals surface area contributed by atoms with E-state index in [0.29, 0.717) is 55.3 Å². The Balaban J connectivity index is 0.000000143. The summed E-state index contributed by atoms with van der Waals surface area (Å²) < 4.78 is 24.0. The second kappa shape index (κ2) is 38.2. The molecule has 1 heterocycles. The molecule has 12 aromatic rings. The SMILES string of the molecule is CC(C)(C)CCc1ccc(C(=O)O)c(OCc2cccc3ccccc23)c1.O=C(O)c1ccc(CC2CCCC2)cc1OCc1cccc2ccccc12.O=C(O)c1ccc(CCCCO)cc1OCc1cccc2ccccc12.O=C(O)c1ccc(N2CCCCCC2)cc1OCc1cccc2ccccc12. The molecule has 0 spiro atoms. The molecule has 14 nitrogen and oxygen atoms in total. The smallest absolute Gasteiger partial charge is 0.339 e. The number of aromatic carboxylic acids is 4. The van der Waals surface area contributed by atoms with Crippen molar-refractivity contribution in [2.24, 2.45) is 11.3 Å². The van der Waals surface area contributed by atoms with Crippen LogP contribution in [0.15, 0.2) is 243 Å². The van der Waals surface area contributed by atoms with Crippen molar-refractivity contribution in [3.63, 3.8) is 0 Å². The Bertz CT molecular complexity index is 5020. The molecule has 556 valence electrons. The third-order valence-corrected chi connectivity index (χ3v) is 20.1. The van der Waals surface area contributed by atoms with E-state index >= 15 is 0 Å². The van der Waals surface area contributed by atoms with Crippen molar-refractivity contribution in [2.75, 3.05) is 24.6 Å². The molecule has 5 N–H and O–H groups in total. The number of carboxylic acid groups (broad SMARTS) is 4. The van der Waals surface area contributed by atoms with Crippen molar-refractivity contribution in [3.8, 4) is 23.0 Å². The van der Waals surface area contributed by atoms with E-state index in [4.69, 9.17) is 24.1 Å². The first-order chi connectivity index (χ1) is 52.4. The van der Waals surface area contributed by atoms with Gasteiger partial charge in [0.2, 0.25) is 0 Å². The van der Waals surface area contributed by atoms with Gasteiger partial charge in [-0.05, 0) is 193 Å². The van der Waals surface area contributed by atoms with Crippen LogP contribution < -0.4 is 23.8 Å². The number of hydrogen-bond donors (Lipinski definition) is 5. The summed E-state index contributed by atoms with van der Waals surface area (Å²) in [6, 6.07) is 78.5. The number of carbonyl (C=O) groups is 4. The average Bonchev–Trinajstić information content (AvgIpc) is 0.957. The van der Waals surface area contributed by atoms with Crippen molar-refractivity contribution in [2.45, 2.75) is 137 Å². The number of rotatable bonds is 25. The summed E-state index contributed by atoms with van der Waals surface area (Å²) in [4.78, 5) is 48.8. The third kappa shape index (κ3) is 21.6. The van der Waals surface area contributed by atoms with E-state index in [9.17, 15) is 39.6 Å². The molecule has 1 saturated heterocycles. The fourth-order valence-corrected chi connectivity index (χ4v) is 14.2. The summed E-state index contributed by atoms with van der Waals surface area (Å²) in [6.07, 6.45) is 15.3. The zero-order valence-corrected chi connectivity index (χ0v) is 62.0. The summed E-state index contributed by atoms with van der Waals surface area (Å²) in [6.45, 7) is 10.1. The minimum absolute atomic E-state index is 0.163. The lowest BCUT2D eigenvalue weighted by Crippen LogP contribution is -2.24. The number of benzene rings is 12. The Morgan fingerprint density at radius 1 is 0.370 bits per heavy atom. The molecule has 0 atom stereocenters. The van der Waals surface area contributed by atoms with E-state index in [1.165, 1.54) is 56.9 Å². The van der Waals surface area contributed by atoms with E-state index in [1.54, 1.807) is 30.3 Å². The highest BCUT2D eigenvalue weighted by atomic mass is 16.5. The van der Waals surface area contributed by atoms with Crippen molar-refractivity contribution < 1.29 is 63.7 Å². The van der Waals surface area contributed by atoms with Crippen molar-refractivity contribution in [3.05, 3.63) is 304 Å². The van der Waals surface area contributed by atoms with Gasteiger partial charge in [0, 0.05) is 31.5 Å². The second-order valence-electron chi connectivity index (χ2n) is 29.1. The monoisotopic (exact) mass is 1450 g/mol. The van der Waals surface area contributed by atoms with Crippen LogP contribution in [0.25, 0.3) is 43.1 Å². The molecule has 14 heteroatoms. The van der Waals surface area contributed by atoms with Crippen molar-refractivity contribution in [1.29, 1.82) is 0 Å². The zero-order chi connectivity index (χ0) is 75.8. The predicted octanol–water partition coefficient (Wildman–Crippen LogP) is 21.9. The van der Waals surface area contributed by atoms with Crippen LogP contribution in [0.4, 0.5) is 5.69 Å². The summed E-state index contributed by atoms with van der Waals surface area (Å²) in [5, 5.41) is 56.0. The maximum atomic E-state index is 11.7. The standard InChI is InChI=1S/C24H25NO3.C24H24O3.C24H26O3.C22H22O4/c26-24(27)22-13-12-20(25-14-5-1-2-6-15-25)16-23(22)28-17-19-10-7-9-18-8-3-4-11-21(18)19;25-24(26)22-13-12-18(14-17-6-1-2-7-17)15-23(22)27-16-20-10-5-9-19-8-3-4-11-21(19)20;1-24(2,3)14-13-17-11-12-21(23(25)26)22(15-17)27-16-19-9-6-8-18-7-4-5-10-20(18)19;23-13-4-3-6-16-11-12-20(22(24)25)21(14-16)26-15-18-9-5-8-17-7-1-2-10-19(17)18/h3-4,7-13,16H,1-2,5-6,14-15,17H2,(H,26,27);3-5,8-13,15,17H,1-2,6-7,14,16H2,(H,25,26);4-12,15H,13-14,16H2,1-3H3,(H,25,26);1-2,5,7-12,14,23H,3-4,6,13,15H2,(H,24,25). The molecular formula is C94H97NO13. The number of nitrogens with zero attached hydrogens (tertiary/aromatic N) is 1. The quantitative estimate of drug-likeness (QED) is 0.0337. The predicted molar refractivity (Wildman–Crippen MR) is 431 cm³/mol. The number of hydrogen-bond acceptors (Lipinski definition) is 10. The fraction of sp³-hybridized carbons (Fsp3) is 0.277. The number of anilines is 1. The molecule has 0 bridgehead atoms. The summed E-state index contributed by atoms with van der Waals surface area (Å²) in [7, 11) is 0. The first kappa shape index (κ1) is 77.6. The Morgan fingerprint density at radius 2 is 0.704 bits per heavy atom. The highest BCUT2D eigenvalue weighted by molar-refractivity contribution is 5.94. The topological polar surface area (TPSA) is 210 Å². The van der Waals surface area contributed by atoms with Gasteiger partial charge in [-0.2, -0.15) is 0 Å². The first-order valence-corrected chi connectivity index (χ1v) is 37.6. The third-order valence-electron chi connectivity index (χ3n) is 20.1. The normalized spacial score (nSPS) is 12.9. The molecule has 1 saturated carbocycles. The molecular weight excluding hydrogens is 1350 g/mol. The molecule has 0 aromatic heterocycles. The lowest BCUT2D eigenvalue weighted by Gasteiger charge is -2.23. The summed E-state index contributed by atoms with van der Waals surface area (Å²) in [5.41, 5.74) is 9.53. The van der Waals surface area contributed by atoms with E-state index in [0.717, 1.165) is 134 Å². The van der Waals surface area contributed by atoms with E-state index < -0.39 is 23.9 Å². The molecule has 12 aromatic carbocycles. The number of ether oxygens (including phenoxy) is 4. The molecule has 1 aliphatic carbocycles. The van der Waals surface area contributed by atoms with Crippen LogP contribution in [0, 0.1) is 11.3 Å². The molecule has 0 radical (unpaired) electrons. The highest BCUT2D eigenvalue weighted by Gasteiger charge is 2.22. The molecule has 1 aliphatic heterocycles. The lowest BCUT2D eigenvalue weighted by atomic mass is 9.88. The van der Waals surface area contributed by atoms with E-state index in [-0.39, 0.29) is 34.3 Å². The van der Waals surface area contributed by atoms with Gasteiger partial charge in [0.05, 0.1) is 0 Å². The van der Waals surface area contributed by atoms with Crippen molar-refractivity contribution >= 4 is 72.7 Å². The lowest BCUT2D eigenvalue weighted by molar-refractivity contribution is 0.0680. The number of aliphatic hydroxyl groups is 1. The van der Waals surface area contributed by atoms with Crippen LogP contribution in [-0.2, 0) is 45.7 Å². The minimum atomic E-state index is -1.00.